The van der Waals surface area contributed by atoms with E-state index in [1.807, 2.05) is 0 Å². The van der Waals surface area contributed by atoms with Crippen LogP contribution in [0.5, 0.6) is 0 Å². The summed E-state index contributed by atoms with van der Waals surface area (Å²) in [4.78, 5) is 0. The van der Waals surface area contributed by atoms with Crippen LogP contribution in [0.2, 0.25) is 0 Å². The lowest BCUT2D eigenvalue weighted by atomic mass is 9.94. The fraction of sp³-hybridized carbons (Fsp3) is 0.286. The van der Waals surface area contributed by atoms with E-state index in [2.05, 4.69) is 49.4 Å². The van der Waals surface area contributed by atoms with Crippen LogP contribution in [-0.2, 0) is 0 Å². The predicted molar refractivity (Wildman–Crippen MR) is 62.0 cm³/mol. The highest BCUT2D eigenvalue weighted by molar-refractivity contribution is 5.69. The molecule has 0 radical (unpaired) electrons. The molecule has 0 fully saturated rings. The van der Waals surface area contributed by atoms with Crippen LogP contribution in [-0.4, -0.2) is 0 Å². The molecular weight excluding hydrogens is 168 g/mol. The van der Waals surface area contributed by atoms with E-state index in [4.69, 9.17) is 0 Å². The largest absolute Gasteiger partial charge is 0.0842 e. The maximum Gasteiger partial charge on any atom is -0.0225 e. The molecule has 1 aromatic rings. The molecule has 0 amide bonds. The van der Waals surface area contributed by atoms with Crippen molar-refractivity contribution in [3.05, 3.63) is 53.6 Å². The van der Waals surface area contributed by atoms with E-state index in [-0.39, 0.29) is 0 Å². The molecule has 14 heavy (non-hydrogen) atoms. The maximum absolute atomic E-state index is 2.28. The van der Waals surface area contributed by atoms with Gasteiger partial charge in [0.25, 0.3) is 0 Å². The van der Waals surface area contributed by atoms with Gasteiger partial charge in [0.05, 0.1) is 0 Å². The van der Waals surface area contributed by atoms with Crippen LogP contribution in [0.15, 0.2) is 48.1 Å². The Morgan fingerprint density at radius 1 is 1.14 bits per heavy atom. The predicted octanol–water partition coefficient (Wildman–Crippen LogP) is 4.20. The number of rotatable bonds is 1. The number of allylic oxidation sites excluding steroid dienone is 4. The molecule has 1 aliphatic carbocycles. The Labute approximate surface area is 86.0 Å². The summed E-state index contributed by atoms with van der Waals surface area (Å²) >= 11 is 0. The summed E-state index contributed by atoms with van der Waals surface area (Å²) < 4.78 is 0. The van der Waals surface area contributed by atoms with Gasteiger partial charge in [0.15, 0.2) is 0 Å². The minimum atomic E-state index is 1.23. The van der Waals surface area contributed by atoms with Gasteiger partial charge in [-0.3, -0.25) is 0 Å². The van der Waals surface area contributed by atoms with E-state index < -0.39 is 0 Å². The Morgan fingerprint density at radius 3 is 2.57 bits per heavy atom. The van der Waals surface area contributed by atoms with Crippen LogP contribution in [0, 0.1) is 0 Å². The van der Waals surface area contributed by atoms with Gasteiger partial charge in [-0.25, -0.2) is 0 Å². The van der Waals surface area contributed by atoms with Gasteiger partial charge in [-0.2, -0.15) is 0 Å². The average Bonchev–Trinajstić information content (AvgIpc) is 2.30. The van der Waals surface area contributed by atoms with Gasteiger partial charge < -0.3 is 0 Å². The second-order valence-electron chi connectivity index (χ2n) is 3.81. The van der Waals surface area contributed by atoms with Crippen molar-refractivity contribution in [3.8, 4) is 0 Å². The fourth-order valence-corrected chi connectivity index (χ4v) is 1.91. The van der Waals surface area contributed by atoms with Gasteiger partial charge in [0.2, 0.25) is 0 Å². The first-order chi connectivity index (χ1) is 6.88. The second kappa shape index (κ2) is 4.28. The van der Waals surface area contributed by atoms with Gasteiger partial charge in [-0.15, -0.1) is 0 Å². The minimum absolute atomic E-state index is 1.23. The van der Waals surface area contributed by atoms with Crippen molar-refractivity contribution in [3.63, 3.8) is 0 Å². The molecular formula is C14H16. The molecule has 0 nitrogen and oxygen atoms in total. The van der Waals surface area contributed by atoms with Crippen molar-refractivity contribution in [1.29, 1.82) is 0 Å². The van der Waals surface area contributed by atoms with Crippen LogP contribution in [0.25, 0.3) is 5.57 Å². The standard InChI is InChI=1S/C14H16/c1-12(13-8-4-2-5-9-13)14-10-6-3-7-11-14/h2,4-6,8-10H,3,7,11H2,1H3/b14-12+. The summed E-state index contributed by atoms with van der Waals surface area (Å²) in [5.41, 5.74) is 4.29. The summed E-state index contributed by atoms with van der Waals surface area (Å²) in [5, 5.41) is 0. The number of hydrogen-bond acceptors (Lipinski definition) is 0. The third kappa shape index (κ3) is 1.95. The number of hydrogen-bond donors (Lipinski definition) is 0. The third-order valence-corrected chi connectivity index (χ3v) is 2.82. The minimum Gasteiger partial charge on any atom is -0.0842 e. The van der Waals surface area contributed by atoms with E-state index in [1.165, 1.54) is 36.0 Å². The molecule has 72 valence electrons. The first-order valence-corrected chi connectivity index (χ1v) is 5.29. The summed E-state index contributed by atoms with van der Waals surface area (Å²) in [7, 11) is 0. The monoisotopic (exact) mass is 184 g/mol. The van der Waals surface area contributed by atoms with Gasteiger partial charge in [-0.1, -0.05) is 42.5 Å². The van der Waals surface area contributed by atoms with Crippen molar-refractivity contribution < 1.29 is 0 Å². The molecule has 0 spiro atoms. The lowest BCUT2D eigenvalue weighted by Gasteiger charge is -2.12. The van der Waals surface area contributed by atoms with Crippen LogP contribution in [0.3, 0.4) is 0 Å². The summed E-state index contributed by atoms with van der Waals surface area (Å²) in [6.07, 6.45) is 8.34. The second-order valence-corrected chi connectivity index (χ2v) is 3.81. The molecule has 0 unspecified atom stereocenters. The molecule has 0 atom stereocenters. The zero-order chi connectivity index (χ0) is 9.80. The van der Waals surface area contributed by atoms with Crippen molar-refractivity contribution in [1.82, 2.24) is 0 Å². The van der Waals surface area contributed by atoms with Gasteiger partial charge in [0, 0.05) is 0 Å². The molecule has 2 rings (SSSR count). The van der Waals surface area contributed by atoms with Gasteiger partial charge in [-0.05, 0) is 42.9 Å². The smallest absolute Gasteiger partial charge is 0.0225 e. The molecule has 0 N–H and O–H groups in total. The Balaban J connectivity index is 2.34. The topological polar surface area (TPSA) is 0 Å². The molecule has 0 bridgehead atoms. The maximum atomic E-state index is 2.28. The SMILES string of the molecule is C/C(=C1/C=CCCC1)c1ccccc1. The highest BCUT2D eigenvalue weighted by Crippen LogP contribution is 2.25. The van der Waals surface area contributed by atoms with Crippen molar-refractivity contribution in [2.45, 2.75) is 26.2 Å². The molecule has 1 aliphatic rings. The first-order valence-electron chi connectivity index (χ1n) is 5.29. The Bertz CT molecular complexity index is 355. The molecule has 0 heteroatoms. The van der Waals surface area contributed by atoms with Crippen LogP contribution in [0.1, 0.15) is 31.7 Å². The molecule has 0 saturated carbocycles. The lowest BCUT2D eigenvalue weighted by Crippen LogP contribution is -1.91. The van der Waals surface area contributed by atoms with Gasteiger partial charge in [0.1, 0.15) is 0 Å². The summed E-state index contributed by atoms with van der Waals surface area (Å²) in [6.45, 7) is 2.22. The van der Waals surface area contributed by atoms with Crippen molar-refractivity contribution in [2.75, 3.05) is 0 Å². The normalized spacial score (nSPS) is 19.5. The summed E-state index contributed by atoms with van der Waals surface area (Å²) in [5.74, 6) is 0. The van der Waals surface area contributed by atoms with E-state index in [0.29, 0.717) is 0 Å². The Morgan fingerprint density at radius 2 is 1.93 bits per heavy atom. The molecule has 0 aliphatic heterocycles. The molecule has 0 saturated heterocycles. The first kappa shape index (κ1) is 9.26. The Hall–Kier alpha value is -1.30. The van der Waals surface area contributed by atoms with Crippen molar-refractivity contribution in [2.24, 2.45) is 0 Å². The van der Waals surface area contributed by atoms with Crippen LogP contribution < -0.4 is 0 Å². The highest BCUT2D eigenvalue weighted by atomic mass is 14.1. The van der Waals surface area contributed by atoms with Crippen LogP contribution in [0.4, 0.5) is 0 Å². The lowest BCUT2D eigenvalue weighted by molar-refractivity contribution is 0.822. The zero-order valence-electron chi connectivity index (χ0n) is 8.66. The highest BCUT2D eigenvalue weighted by Gasteiger charge is 2.04. The average molecular weight is 184 g/mol. The third-order valence-electron chi connectivity index (χ3n) is 2.82. The zero-order valence-corrected chi connectivity index (χ0v) is 8.66. The van der Waals surface area contributed by atoms with Gasteiger partial charge >= 0.3 is 0 Å². The molecule has 0 aromatic heterocycles. The quantitative estimate of drug-likeness (QED) is 0.613. The summed E-state index contributed by atoms with van der Waals surface area (Å²) in [6, 6.07) is 10.6. The van der Waals surface area contributed by atoms with E-state index in [9.17, 15) is 0 Å². The molecule has 1 aromatic carbocycles. The van der Waals surface area contributed by atoms with E-state index in [1.54, 1.807) is 0 Å². The fourth-order valence-electron chi connectivity index (χ4n) is 1.91. The Kier molecular flexibility index (Phi) is 2.83. The van der Waals surface area contributed by atoms with Crippen LogP contribution >= 0.6 is 0 Å². The van der Waals surface area contributed by atoms with E-state index in [0.717, 1.165) is 0 Å². The van der Waals surface area contributed by atoms with E-state index >= 15 is 0 Å². The van der Waals surface area contributed by atoms with Crippen molar-refractivity contribution >= 4 is 5.57 Å². The number of benzene rings is 1. The molecule has 0 heterocycles.